The zero-order valence-electron chi connectivity index (χ0n) is 12.3. The minimum atomic E-state index is -0.500. The summed E-state index contributed by atoms with van der Waals surface area (Å²) in [6, 6.07) is 6.25. The second-order valence-corrected chi connectivity index (χ2v) is 6.87. The fourth-order valence-electron chi connectivity index (χ4n) is 3.22. The van der Waals surface area contributed by atoms with Gasteiger partial charge in [-0.05, 0) is 51.2 Å². The van der Waals surface area contributed by atoms with Crippen molar-refractivity contribution in [2.45, 2.75) is 57.9 Å². The number of alkyl halides is 1. The molecule has 0 spiro atoms. The summed E-state index contributed by atoms with van der Waals surface area (Å²) in [6.45, 7) is 10.3. The maximum absolute atomic E-state index is 12.5. The van der Waals surface area contributed by atoms with Gasteiger partial charge in [-0.2, -0.15) is 0 Å². The van der Waals surface area contributed by atoms with Crippen molar-refractivity contribution in [3.8, 4) is 0 Å². The van der Waals surface area contributed by atoms with Crippen LogP contribution in [-0.4, -0.2) is 16.8 Å². The average molecular weight is 280 g/mol. The Kier molecular flexibility index (Phi) is 3.65. The second kappa shape index (κ2) is 4.82. The maximum atomic E-state index is 12.5. The Bertz CT molecular complexity index is 507. The van der Waals surface area contributed by atoms with Crippen LogP contribution >= 0.6 is 11.6 Å². The van der Waals surface area contributed by atoms with Crippen molar-refractivity contribution >= 4 is 23.2 Å². The highest BCUT2D eigenvalue weighted by Gasteiger charge is 2.41. The standard InChI is InChI=1S/C16H22ClNO/c1-10-7-6-8-13-11(2)9-16(4,5)18(14(10)13)15(19)12(3)17/h6-8,11-12H,9H2,1-5H3/t11-,12-/m0/s1. The van der Waals surface area contributed by atoms with Crippen LogP contribution in [0.1, 0.15) is 51.2 Å². The van der Waals surface area contributed by atoms with Gasteiger partial charge in [0, 0.05) is 5.54 Å². The van der Waals surface area contributed by atoms with E-state index in [2.05, 4.69) is 45.9 Å². The predicted octanol–water partition coefficient (Wildman–Crippen LogP) is 4.24. The van der Waals surface area contributed by atoms with Crippen LogP contribution in [0.15, 0.2) is 18.2 Å². The maximum Gasteiger partial charge on any atom is 0.245 e. The highest BCUT2D eigenvalue weighted by atomic mass is 35.5. The highest BCUT2D eigenvalue weighted by molar-refractivity contribution is 6.32. The Morgan fingerprint density at radius 1 is 1.47 bits per heavy atom. The number of hydrogen-bond donors (Lipinski definition) is 0. The van der Waals surface area contributed by atoms with Crippen LogP contribution in [0.4, 0.5) is 5.69 Å². The number of carbonyl (C=O) groups is 1. The minimum absolute atomic E-state index is 0.00545. The summed E-state index contributed by atoms with van der Waals surface area (Å²) in [4.78, 5) is 14.4. The molecule has 19 heavy (non-hydrogen) atoms. The van der Waals surface area contributed by atoms with Crippen molar-refractivity contribution in [3.63, 3.8) is 0 Å². The van der Waals surface area contributed by atoms with Crippen LogP contribution in [0.25, 0.3) is 0 Å². The van der Waals surface area contributed by atoms with Crippen LogP contribution in [0, 0.1) is 6.92 Å². The fraction of sp³-hybridized carbons (Fsp3) is 0.562. The largest absolute Gasteiger partial charge is 0.305 e. The van der Waals surface area contributed by atoms with Gasteiger partial charge in [-0.1, -0.05) is 25.1 Å². The molecule has 1 amide bonds. The minimum Gasteiger partial charge on any atom is -0.305 e. The molecule has 0 saturated heterocycles. The molecule has 0 radical (unpaired) electrons. The van der Waals surface area contributed by atoms with E-state index < -0.39 is 5.38 Å². The number of nitrogens with zero attached hydrogens (tertiary/aromatic N) is 1. The SMILES string of the molecule is Cc1cccc2c1N(C(=O)[C@H](C)Cl)C(C)(C)C[C@@H]2C. The van der Waals surface area contributed by atoms with Crippen molar-refractivity contribution in [1.82, 2.24) is 0 Å². The van der Waals surface area contributed by atoms with E-state index in [-0.39, 0.29) is 11.4 Å². The van der Waals surface area contributed by atoms with E-state index in [1.54, 1.807) is 6.92 Å². The van der Waals surface area contributed by atoms with Crippen molar-refractivity contribution in [3.05, 3.63) is 29.3 Å². The van der Waals surface area contributed by atoms with Gasteiger partial charge in [0.15, 0.2) is 0 Å². The molecule has 3 heteroatoms. The summed E-state index contributed by atoms with van der Waals surface area (Å²) in [5, 5.41) is -0.500. The first kappa shape index (κ1) is 14.4. The van der Waals surface area contributed by atoms with Gasteiger partial charge < -0.3 is 4.90 Å². The van der Waals surface area contributed by atoms with Gasteiger partial charge in [0.2, 0.25) is 5.91 Å². The lowest BCUT2D eigenvalue weighted by Gasteiger charge is -2.47. The Morgan fingerprint density at radius 2 is 2.11 bits per heavy atom. The number of amides is 1. The Balaban J connectivity index is 2.64. The third-order valence-electron chi connectivity index (χ3n) is 4.00. The molecule has 1 aliphatic rings. The lowest BCUT2D eigenvalue weighted by molar-refractivity contribution is -0.119. The van der Waals surface area contributed by atoms with Gasteiger partial charge >= 0.3 is 0 Å². The van der Waals surface area contributed by atoms with Gasteiger partial charge in [-0.3, -0.25) is 4.79 Å². The first-order valence-electron chi connectivity index (χ1n) is 6.83. The monoisotopic (exact) mass is 279 g/mol. The summed E-state index contributed by atoms with van der Waals surface area (Å²) in [7, 11) is 0. The fourth-order valence-corrected chi connectivity index (χ4v) is 3.32. The number of anilines is 1. The molecular formula is C16H22ClNO. The Morgan fingerprint density at radius 3 is 2.68 bits per heavy atom. The topological polar surface area (TPSA) is 20.3 Å². The first-order chi connectivity index (χ1) is 8.75. The number of hydrogen-bond acceptors (Lipinski definition) is 1. The first-order valence-corrected chi connectivity index (χ1v) is 7.27. The summed E-state index contributed by atoms with van der Waals surface area (Å²) in [5.41, 5.74) is 3.26. The van der Waals surface area contributed by atoms with E-state index >= 15 is 0 Å². The van der Waals surface area contributed by atoms with E-state index in [0.717, 1.165) is 17.7 Å². The molecule has 0 unspecified atom stereocenters. The van der Waals surface area contributed by atoms with Crippen LogP contribution in [0.2, 0.25) is 0 Å². The number of fused-ring (bicyclic) bond motifs is 1. The van der Waals surface area contributed by atoms with E-state index in [1.165, 1.54) is 5.56 Å². The molecule has 0 aliphatic carbocycles. The van der Waals surface area contributed by atoms with Gasteiger partial charge in [-0.15, -0.1) is 11.6 Å². The quantitative estimate of drug-likeness (QED) is 0.704. The van der Waals surface area contributed by atoms with Gasteiger partial charge in [0.1, 0.15) is 5.38 Å². The van der Waals surface area contributed by atoms with E-state index in [4.69, 9.17) is 11.6 Å². The van der Waals surface area contributed by atoms with Gasteiger partial charge in [-0.25, -0.2) is 0 Å². The number of para-hydroxylation sites is 1. The summed E-state index contributed by atoms with van der Waals surface area (Å²) >= 11 is 6.05. The van der Waals surface area contributed by atoms with E-state index in [0.29, 0.717) is 5.92 Å². The second-order valence-electron chi connectivity index (χ2n) is 6.22. The third-order valence-corrected chi connectivity index (χ3v) is 4.18. The lowest BCUT2D eigenvalue weighted by atomic mass is 9.79. The predicted molar refractivity (Wildman–Crippen MR) is 81.1 cm³/mol. The number of carbonyl (C=O) groups excluding carboxylic acids is 1. The molecule has 2 nitrogen and oxygen atoms in total. The number of aryl methyl sites for hydroxylation is 1. The molecule has 2 rings (SSSR count). The molecule has 0 bridgehead atoms. The molecule has 0 saturated carbocycles. The van der Waals surface area contributed by atoms with Crippen LogP contribution in [-0.2, 0) is 4.79 Å². The zero-order chi connectivity index (χ0) is 14.4. The molecule has 2 atom stereocenters. The highest BCUT2D eigenvalue weighted by Crippen LogP contribution is 2.45. The van der Waals surface area contributed by atoms with Crippen molar-refractivity contribution in [2.24, 2.45) is 0 Å². The average Bonchev–Trinajstić information content (AvgIpc) is 2.29. The zero-order valence-corrected chi connectivity index (χ0v) is 13.1. The molecule has 1 aliphatic heterocycles. The van der Waals surface area contributed by atoms with E-state index in [1.807, 2.05) is 4.90 Å². The smallest absolute Gasteiger partial charge is 0.245 e. The molecule has 1 aromatic rings. The number of rotatable bonds is 1. The molecular weight excluding hydrogens is 258 g/mol. The molecule has 104 valence electrons. The molecule has 0 aromatic heterocycles. The molecule has 0 N–H and O–H groups in total. The Hall–Kier alpha value is -1.02. The van der Waals surface area contributed by atoms with Gasteiger partial charge in [0.25, 0.3) is 0 Å². The van der Waals surface area contributed by atoms with Crippen LogP contribution in [0.5, 0.6) is 0 Å². The summed E-state index contributed by atoms with van der Waals surface area (Å²) in [5.74, 6) is 0.452. The summed E-state index contributed by atoms with van der Waals surface area (Å²) < 4.78 is 0. The van der Waals surface area contributed by atoms with E-state index in [9.17, 15) is 4.79 Å². The molecule has 1 aromatic carbocycles. The molecule has 0 fully saturated rings. The normalized spacial score (nSPS) is 22.8. The van der Waals surface area contributed by atoms with Crippen molar-refractivity contribution < 1.29 is 4.79 Å². The number of halogens is 1. The summed E-state index contributed by atoms with van der Waals surface area (Å²) in [6.07, 6.45) is 0.957. The van der Waals surface area contributed by atoms with Gasteiger partial charge in [0.05, 0.1) is 5.69 Å². The number of benzene rings is 1. The lowest BCUT2D eigenvalue weighted by Crippen LogP contribution is -2.54. The third kappa shape index (κ3) is 2.38. The molecule has 1 heterocycles. The van der Waals surface area contributed by atoms with Crippen LogP contribution in [0.3, 0.4) is 0 Å². The van der Waals surface area contributed by atoms with Crippen molar-refractivity contribution in [1.29, 1.82) is 0 Å². The van der Waals surface area contributed by atoms with Crippen molar-refractivity contribution in [2.75, 3.05) is 4.90 Å². The Labute approximate surface area is 120 Å². The van der Waals surface area contributed by atoms with Crippen LogP contribution < -0.4 is 4.90 Å².